The van der Waals surface area contributed by atoms with Crippen LogP contribution in [0.4, 0.5) is 4.39 Å². The van der Waals surface area contributed by atoms with Gasteiger partial charge in [0.25, 0.3) is 0 Å². The molecule has 4 heteroatoms. The predicted molar refractivity (Wildman–Crippen MR) is 66.8 cm³/mol. The van der Waals surface area contributed by atoms with E-state index in [-0.39, 0.29) is 5.82 Å². The molecular weight excluding hydrogens is 233 g/mol. The van der Waals surface area contributed by atoms with Gasteiger partial charge in [-0.15, -0.1) is 0 Å². The summed E-state index contributed by atoms with van der Waals surface area (Å²) in [7, 11) is 1.33. The Balaban J connectivity index is 2.51. The molecule has 0 N–H and O–H groups in total. The van der Waals surface area contributed by atoms with Crippen LogP contribution in [-0.4, -0.2) is 17.6 Å². The van der Waals surface area contributed by atoms with Crippen LogP contribution in [0.3, 0.4) is 0 Å². The maximum Gasteiger partial charge on any atom is 0.354 e. The molecule has 3 nitrogen and oxygen atoms in total. The SMILES string of the molecule is CCn1cc(-c2ccccc2F)cc1C(=O)OC. The quantitative estimate of drug-likeness (QED) is 0.780. The third kappa shape index (κ3) is 2.14. The average molecular weight is 247 g/mol. The first kappa shape index (κ1) is 12.4. The summed E-state index contributed by atoms with van der Waals surface area (Å²) in [5.74, 6) is -0.721. The number of aryl methyl sites for hydroxylation is 1. The highest BCUT2D eigenvalue weighted by atomic mass is 19.1. The summed E-state index contributed by atoms with van der Waals surface area (Å²) < 4.78 is 20.1. The highest BCUT2D eigenvalue weighted by Gasteiger charge is 2.15. The van der Waals surface area contributed by atoms with Crippen molar-refractivity contribution in [1.29, 1.82) is 0 Å². The van der Waals surface area contributed by atoms with Gasteiger partial charge in [-0.2, -0.15) is 0 Å². The minimum atomic E-state index is -0.417. The lowest BCUT2D eigenvalue weighted by Gasteiger charge is -2.02. The molecule has 0 saturated heterocycles. The van der Waals surface area contributed by atoms with E-state index in [2.05, 4.69) is 0 Å². The van der Waals surface area contributed by atoms with Crippen LogP contribution in [0.2, 0.25) is 0 Å². The van der Waals surface area contributed by atoms with Gasteiger partial charge in [-0.05, 0) is 19.1 Å². The van der Waals surface area contributed by atoms with Crippen molar-refractivity contribution in [3.05, 3.63) is 48.0 Å². The molecule has 0 aliphatic carbocycles. The van der Waals surface area contributed by atoms with E-state index < -0.39 is 5.97 Å². The molecule has 1 aromatic heterocycles. The number of rotatable bonds is 3. The second-order valence-electron chi connectivity index (χ2n) is 3.87. The Morgan fingerprint density at radius 3 is 2.72 bits per heavy atom. The summed E-state index contributed by atoms with van der Waals surface area (Å²) in [6.07, 6.45) is 1.75. The Labute approximate surface area is 105 Å². The second-order valence-corrected chi connectivity index (χ2v) is 3.87. The van der Waals surface area contributed by atoms with Gasteiger partial charge in [0.15, 0.2) is 0 Å². The average Bonchev–Trinajstić information content (AvgIpc) is 2.82. The molecule has 0 bridgehead atoms. The molecule has 18 heavy (non-hydrogen) atoms. The third-order valence-electron chi connectivity index (χ3n) is 2.82. The number of benzene rings is 1. The fourth-order valence-corrected chi connectivity index (χ4v) is 1.89. The summed E-state index contributed by atoms with van der Waals surface area (Å²) in [6.45, 7) is 2.54. The minimum absolute atomic E-state index is 0.304. The first-order chi connectivity index (χ1) is 8.67. The summed E-state index contributed by atoms with van der Waals surface area (Å²) in [5.41, 5.74) is 1.59. The van der Waals surface area contributed by atoms with Crippen molar-refractivity contribution in [1.82, 2.24) is 4.57 Å². The molecule has 2 aromatic rings. The molecule has 0 radical (unpaired) electrons. The zero-order chi connectivity index (χ0) is 13.1. The van der Waals surface area contributed by atoms with Crippen molar-refractivity contribution >= 4 is 5.97 Å². The zero-order valence-electron chi connectivity index (χ0n) is 10.3. The zero-order valence-corrected chi connectivity index (χ0v) is 10.3. The normalized spacial score (nSPS) is 10.4. The van der Waals surface area contributed by atoms with Crippen molar-refractivity contribution in [3.63, 3.8) is 0 Å². The molecular formula is C14H14FNO2. The van der Waals surface area contributed by atoms with E-state index in [9.17, 15) is 9.18 Å². The molecule has 0 unspecified atom stereocenters. The van der Waals surface area contributed by atoms with Gasteiger partial charge in [0.1, 0.15) is 11.5 Å². The summed E-state index contributed by atoms with van der Waals surface area (Å²) in [5, 5.41) is 0. The fraction of sp³-hybridized carbons (Fsp3) is 0.214. The Morgan fingerprint density at radius 2 is 2.11 bits per heavy atom. The third-order valence-corrected chi connectivity index (χ3v) is 2.82. The maximum absolute atomic E-state index is 13.7. The summed E-state index contributed by atoms with van der Waals surface area (Å²) >= 11 is 0. The molecule has 0 atom stereocenters. The number of carbonyl (C=O) groups is 1. The van der Waals surface area contributed by atoms with Crippen molar-refractivity contribution < 1.29 is 13.9 Å². The monoisotopic (exact) mass is 247 g/mol. The van der Waals surface area contributed by atoms with Crippen LogP contribution in [0.25, 0.3) is 11.1 Å². The summed E-state index contributed by atoms with van der Waals surface area (Å²) in [4.78, 5) is 11.6. The Hall–Kier alpha value is -2.10. The Kier molecular flexibility index (Phi) is 3.46. The number of halogens is 1. The lowest BCUT2D eigenvalue weighted by molar-refractivity contribution is 0.0588. The highest BCUT2D eigenvalue weighted by molar-refractivity contribution is 5.89. The fourth-order valence-electron chi connectivity index (χ4n) is 1.89. The van der Waals surface area contributed by atoms with Crippen LogP contribution in [0.5, 0.6) is 0 Å². The van der Waals surface area contributed by atoms with Crippen LogP contribution in [0.1, 0.15) is 17.4 Å². The van der Waals surface area contributed by atoms with Gasteiger partial charge in [-0.3, -0.25) is 0 Å². The lowest BCUT2D eigenvalue weighted by Crippen LogP contribution is -2.08. The number of ether oxygens (including phenoxy) is 1. The van der Waals surface area contributed by atoms with E-state index in [0.29, 0.717) is 23.4 Å². The van der Waals surface area contributed by atoms with Crippen LogP contribution in [0.15, 0.2) is 36.5 Å². The Morgan fingerprint density at radius 1 is 1.39 bits per heavy atom. The van der Waals surface area contributed by atoms with Crippen molar-refractivity contribution in [2.45, 2.75) is 13.5 Å². The van der Waals surface area contributed by atoms with E-state index in [1.165, 1.54) is 13.2 Å². The van der Waals surface area contributed by atoms with E-state index in [4.69, 9.17) is 4.74 Å². The van der Waals surface area contributed by atoms with Crippen LogP contribution in [0, 0.1) is 5.82 Å². The minimum Gasteiger partial charge on any atom is -0.464 e. The number of carbonyl (C=O) groups excluding carboxylic acids is 1. The highest BCUT2D eigenvalue weighted by Crippen LogP contribution is 2.25. The van der Waals surface area contributed by atoms with E-state index in [1.54, 1.807) is 35.0 Å². The number of esters is 1. The van der Waals surface area contributed by atoms with Crippen molar-refractivity contribution in [2.24, 2.45) is 0 Å². The second kappa shape index (κ2) is 5.04. The predicted octanol–water partition coefficient (Wildman–Crippen LogP) is 3.10. The van der Waals surface area contributed by atoms with Gasteiger partial charge in [-0.1, -0.05) is 18.2 Å². The number of nitrogens with zero attached hydrogens (tertiary/aromatic N) is 1. The van der Waals surface area contributed by atoms with Gasteiger partial charge in [0.05, 0.1) is 7.11 Å². The van der Waals surface area contributed by atoms with Crippen molar-refractivity contribution in [2.75, 3.05) is 7.11 Å². The number of hydrogen-bond acceptors (Lipinski definition) is 2. The number of methoxy groups -OCH3 is 1. The maximum atomic E-state index is 13.7. The standard InChI is InChI=1S/C14H14FNO2/c1-3-16-9-10(8-13(16)14(17)18-2)11-6-4-5-7-12(11)15/h4-9H,3H2,1-2H3. The molecule has 0 fully saturated rings. The van der Waals surface area contributed by atoms with Gasteiger partial charge in [0.2, 0.25) is 0 Å². The molecule has 0 aliphatic rings. The topological polar surface area (TPSA) is 31.2 Å². The molecule has 0 aliphatic heterocycles. The molecule has 0 spiro atoms. The Bertz CT molecular complexity index is 575. The molecule has 1 aromatic carbocycles. The van der Waals surface area contributed by atoms with Gasteiger partial charge >= 0.3 is 5.97 Å². The molecule has 0 amide bonds. The van der Waals surface area contributed by atoms with Crippen LogP contribution < -0.4 is 0 Å². The van der Waals surface area contributed by atoms with Gasteiger partial charge in [-0.25, -0.2) is 9.18 Å². The van der Waals surface area contributed by atoms with E-state index in [1.807, 2.05) is 6.92 Å². The number of aromatic nitrogens is 1. The first-order valence-corrected chi connectivity index (χ1v) is 5.70. The van der Waals surface area contributed by atoms with E-state index >= 15 is 0 Å². The summed E-state index contributed by atoms with van der Waals surface area (Å²) in [6, 6.07) is 8.13. The lowest BCUT2D eigenvalue weighted by atomic mass is 10.1. The van der Waals surface area contributed by atoms with E-state index in [0.717, 1.165) is 0 Å². The van der Waals surface area contributed by atoms with Gasteiger partial charge < -0.3 is 9.30 Å². The van der Waals surface area contributed by atoms with Gasteiger partial charge in [0, 0.05) is 23.9 Å². The van der Waals surface area contributed by atoms with Crippen LogP contribution in [-0.2, 0) is 11.3 Å². The number of hydrogen-bond donors (Lipinski definition) is 0. The largest absolute Gasteiger partial charge is 0.464 e. The molecule has 2 rings (SSSR count). The molecule has 94 valence electrons. The molecule has 1 heterocycles. The first-order valence-electron chi connectivity index (χ1n) is 5.70. The van der Waals surface area contributed by atoms with Crippen LogP contribution >= 0.6 is 0 Å². The molecule has 0 saturated carbocycles. The smallest absolute Gasteiger partial charge is 0.354 e. The van der Waals surface area contributed by atoms with Crippen molar-refractivity contribution in [3.8, 4) is 11.1 Å².